The minimum absolute atomic E-state index is 0.0566. The first-order valence-corrected chi connectivity index (χ1v) is 12.7. The first kappa shape index (κ1) is 27.7. The standard InChI is InChI=1S/C28H35N3O6/c1-2-36-25(32)14-13-23(18-22-15-16-29-26(22)33)30-27(34)24(17-20-9-5-3-6-10-20)31-28(35)37-19-21-11-7-4-8-12-21/h3-12,22-24H,2,13-19H2,1H3,(H,29,33)(H,30,34)(H,31,35)/t22-,23+,24-/m0/s1. The van der Waals surface area contributed by atoms with Crippen molar-refractivity contribution in [1.29, 1.82) is 0 Å². The number of nitrogens with one attached hydrogen (secondary N) is 3. The Morgan fingerprint density at radius 2 is 1.65 bits per heavy atom. The van der Waals surface area contributed by atoms with Gasteiger partial charge in [-0.15, -0.1) is 0 Å². The molecule has 3 atom stereocenters. The van der Waals surface area contributed by atoms with Crippen molar-refractivity contribution in [1.82, 2.24) is 16.0 Å². The lowest BCUT2D eigenvalue weighted by Gasteiger charge is -2.25. The third kappa shape index (κ3) is 9.59. The second-order valence-corrected chi connectivity index (χ2v) is 9.01. The largest absolute Gasteiger partial charge is 0.466 e. The maximum atomic E-state index is 13.4. The Bertz CT molecular complexity index is 1030. The number of carbonyl (C=O) groups is 4. The van der Waals surface area contributed by atoms with Crippen LogP contribution < -0.4 is 16.0 Å². The molecule has 1 saturated heterocycles. The fourth-order valence-electron chi connectivity index (χ4n) is 4.26. The third-order valence-corrected chi connectivity index (χ3v) is 6.18. The molecule has 0 aromatic heterocycles. The Labute approximate surface area is 217 Å². The zero-order chi connectivity index (χ0) is 26.5. The van der Waals surface area contributed by atoms with Crippen LogP contribution in [0.25, 0.3) is 0 Å². The van der Waals surface area contributed by atoms with Gasteiger partial charge in [0.25, 0.3) is 0 Å². The van der Waals surface area contributed by atoms with Crippen molar-refractivity contribution < 1.29 is 28.7 Å². The maximum absolute atomic E-state index is 13.4. The summed E-state index contributed by atoms with van der Waals surface area (Å²) < 4.78 is 10.4. The van der Waals surface area contributed by atoms with Crippen LogP contribution in [0.1, 0.15) is 43.7 Å². The molecule has 2 aromatic carbocycles. The highest BCUT2D eigenvalue weighted by molar-refractivity contribution is 5.86. The summed E-state index contributed by atoms with van der Waals surface area (Å²) in [5.41, 5.74) is 1.69. The summed E-state index contributed by atoms with van der Waals surface area (Å²) >= 11 is 0. The molecule has 0 spiro atoms. The SMILES string of the molecule is CCOC(=O)CC[C@H](C[C@@H]1CCNC1=O)NC(=O)[C@H](Cc1ccccc1)NC(=O)OCc1ccccc1. The second-order valence-electron chi connectivity index (χ2n) is 9.01. The van der Waals surface area contributed by atoms with Gasteiger partial charge in [0.2, 0.25) is 11.8 Å². The van der Waals surface area contributed by atoms with Gasteiger partial charge in [0.1, 0.15) is 12.6 Å². The highest BCUT2D eigenvalue weighted by Gasteiger charge is 2.30. The van der Waals surface area contributed by atoms with E-state index in [9.17, 15) is 19.2 Å². The van der Waals surface area contributed by atoms with E-state index in [1.807, 2.05) is 60.7 Å². The van der Waals surface area contributed by atoms with Crippen molar-refractivity contribution in [3.63, 3.8) is 0 Å². The van der Waals surface area contributed by atoms with Crippen LogP contribution in [0, 0.1) is 5.92 Å². The molecule has 0 unspecified atom stereocenters. The fourth-order valence-corrected chi connectivity index (χ4v) is 4.26. The molecular weight excluding hydrogens is 474 g/mol. The predicted molar refractivity (Wildman–Crippen MR) is 137 cm³/mol. The van der Waals surface area contributed by atoms with Crippen molar-refractivity contribution in [3.05, 3.63) is 71.8 Å². The van der Waals surface area contributed by atoms with Gasteiger partial charge < -0.3 is 25.4 Å². The minimum Gasteiger partial charge on any atom is -0.466 e. The van der Waals surface area contributed by atoms with E-state index < -0.39 is 24.1 Å². The molecule has 0 aliphatic carbocycles. The van der Waals surface area contributed by atoms with Gasteiger partial charge in [0.05, 0.1) is 6.61 Å². The predicted octanol–water partition coefficient (Wildman–Crippen LogP) is 2.88. The number of benzene rings is 2. The molecule has 37 heavy (non-hydrogen) atoms. The van der Waals surface area contributed by atoms with E-state index in [1.54, 1.807) is 6.92 Å². The van der Waals surface area contributed by atoms with Crippen molar-refractivity contribution in [2.45, 2.75) is 57.7 Å². The zero-order valence-corrected chi connectivity index (χ0v) is 21.1. The molecule has 0 bridgehead atoms. The molecule has 1 aliphatic rings. The summed E-state index contributed by atoms with van der Waals surface area (Å²) in [5.74, 6) is -1.07. The molecule has 1 aliphatic heterocycles. The Morgan fingerprint density at radius 1 is 0.973 bits per heavy atom. The topological polar surface area (TPSA) is 123 Å². The highest BCUT2D eigenvalue weighted by Crippen LogP contribution is 2.19. The van der Waals surface area contributed by atoms with Gasteiger partial charge in [-0.05, 0) is 37.3 Å². The lowest BCUT2D eigenvalue weighted by atomic mass is 9.95. The van der Waals surface area contributed by atoms with Gasteiger partial charge >= 0.3 is 12.1 Å². The Morgan fingerprint density at radius 3 is 2.27 bits per heavy atom. The van der Waals surface area contributed by atoms with Gasteiger partial charge in [-0.3, -0.25) is 14.4 Å². The minimum atomic E-state index is -0.909. The maximum Gasteiger partial charge on any atom is 0.408 e. The second kappa shape index (κ2) is 14.6. The van der Waals surface area contributed by atoms with Crippen molar-refractivity contribution in [2.24, 2.45) is 5.92 Å². The first-order valence-electron chi connectivity index (χ1n) is 12.7. The summed E-state index contributed by atoms with van der Waals surface area (Å²) in [6.07, 6.45) is 1.05. The average Bonchev–Trinajstić information content (AvgIpc) is 3.31. The summed E-state index contributed by atoms with van der Waals surface area (Å²) in [7, 11) is 0. The number of hydrogen-bond acceptors (Lipinski definition) is 6. The monoisotopic (exact) mass is 509 g/mol. The molecule has 3 amide bonds. The molecule has 1 heterocycles. The molecule has 3 rings (SSSR count). The third-order valence-electron chi connectivity index (χ3n) is 6.18. The number of alkyl carbamates (subject to hydrolysis) is 1. The quantitative estimate of drug-likeness (QED) is 0.357. The van der Waals surface area contributed by atoms with E-state index in [2.05, 4.69) is 16.0 Å². The van der Waals surface area contributed by atoms with Crippen LogP contribution in [0.15, 0.2) is 60.7 Å². The number of hydrogen-bond donors (Lipinski definition) is 3. The number of amides is 3. The summed E-state index contributed by atoms with van der Waals surface area (Å²) in [4.78, 5) is 50.1. The zero-order valence-electron chi connectivity index (χ0n) is 21.1. The van der Waals surface area contributed by atoms with Crippen molar-refractivity contribution >= 4 is 23.9 Å². The van der Waals surface area contributed by atoms with Crippen LogP contribution in [-0.4, -0.2) is 49.1 Å². The van der Waals surface area contributed by atoms with Crippen molar-refractivity contribution in [2.75, 3.05) is 13.2 Å². The van der Waals surface area contributed by atoms with E-state index in [-0.39, 0.29) is 43.8 Å². The molecule has 1 fully saturated rings. The highest BCUT2D eigenvalue weighted by atomic mass is 16.5. The van der Waals surface area contributed by atoms with E-state index in [1.165, 1.54) is 0 Å². The van der Waals surface area contributed by atoms with Gasteiger partial charge in [0, 0.05) is 31.3 Å². The Hall–Kier alpha value is -3.88. The number of ether oxygens (including phenoxy) is 2. The van der Waals surface area contributed by atoms with Crippen LogP contribution in [0.3, 0.4) is 0 Å². The van der Waals surface area contributed by atoms with Crippen LogP contribution in [0.4, 0.5) is 4.79 Å². The molecule has 0 saturated carbocycles. The molecule has 9 heteroatoms. The van der Waals surface area contributed by atoms with Crippen LogP contribution in [0.2, 0.25) is 0 Å². The van der Waals surface area contributed by atoms with Crippen LogP contribution in [0.5, 0.6) is 0 Å². The van der Waals surface area contributed by atoms with E-state index in [0.29, 0.717) is 25.8 Å². The van der Waals surface area contributed by atoms with Crippen molar-refractivity contribution in [3.8, 4) is 0 Å². The van der Waals surface area contributed by atoms with Gasteiger partial charge in [-0.2, -0.15) is 0 Å². The van der Waals surface area contributed by atoms with E-state index in [0.717, 1.165) is 11.1 Å². The van der Waals surface area contributed by atoms with Crippen LogP contribution in [-0.2, 0) is 36.9 Å². The average molecular weight is 510 g/mol. The lowest BCUT2D eigenvalue weighted by Crippen LogP contribution is -2.51. The Kier molecular flexibility index (Phi) is 10.9. The number of esters is 1. The first-order chi connectivity index (χ1) is 17.9. The number of carbonyl (C=O) groups excluding carboxylic acids is 4. The molecule has 0 radical (unpaired) electrons. The number of rotatable bonds is 13. The van der Waals surface area contributed by atoms with Crippen LogP contribution >= 0.6 is 0 Å². The normalized spacial score (nSPS) is 16.2. The van der Waals surface area contributed by atoms with Gasteiger partial charge in [-0.1, -0.05) is 60.7 Å². The summed E-state index contributed by atoms with van der Waals surface area (Å²) in [6, 6.07) is 17.2. The van der Waals surface area contributed by atoms with Gasteiger partial charge in [-0.25, -0.2) is 4.79 Å². The molecule has 198 valence electrons. The molecule has 3 N–H and O–H groups in total. The lowest BCUT2D eigenvalue weighted by molar-refractivity contribution is -0.143. The summed E-state index contributed by atoms with van der Waals surface area (Å²) in [6.45, 7) is 2.67. The fraction of sp³-hybridized carbons (Fsp3) is 0.429. The van der Waals surface area contributed by atoms with E-state index >= 15 is 0 Å². The summed E-state index contributed by atoms with van der Waals surface area (Å²) in [5, 5.41) is 8.45. The Balaban J connectivity index is 1.67. The molecule has 2 aromatic rings. The smallest absolute Gasteiger partial charge is 0.408 e. The molecule has 9 nitrogen and oxygen atoms in total. The molecular formula is C28H35N3O6. The van der Waals surface area contributed by atoms with E-state index in [4.69, 9.17) is 9.47 Å². The van der Waals surface area contributed by atoms with Gasteiger partial charge in [0.15, 0.2) is 0 Å².